The van der Waals surface area contributed by atoms with Gasteiger partial charge in [-0.2, -0.15) is 0 Å². The molecule has 0 unspecified atom stereocenters. The molecular formula is C13H21BNO2. The maximum absolute atomic E-state index is 11.6. The Bertz CT molecular complexity index is 443. The second-order valence-electron chi connectivity index (χ2n) is 5.96. The Morgan fingerprint density at radius 3 is 2.35 bits per heavy atom. The summed E-state index contributed by atoms with van der Waals surface area (Å²) >= 11 is 0. The first-order valence-corrected chi connectivity index (χ1v) is 5.84. The van der Waals surface area contributed by atoms with Crippen LogP contribution in [0.15, 0.2) is 17.1 Å². The van der Waals surface area contributed by atoms with Gasteiger partial charge in [0.2, 0.25) is 5.56 Å². The van der Waals surface area contributed by atoms with Crippen LogP contribution in [0, 0.1) is 12.3 Å². The maximum Gasteiger partial charge on any atom is 0.336 e. The van der Waals surface area contributed by atoms with Crippen molar-refractivity contribution in [2.75, 3.05) is 0 Å². The highest BCUT2D eigenvalue weighted by atomic mass is 16.5. The van der Waals surface area contributed by atoms with Crippen LogP contribution in [0.5, 0.6) is 0 Å². The van der Waals surface area contributed by atoms with Gasteiger partial charge in [-0.3, -0.25) is 4.79 Å². The van der Waals surface area contributed by atoms with Crippen LogP contribution in [0.4, 0.5) is 0 Å². The fourth-order valence-corrected chi connectivity index (χ4v) is 1.09. The molecule has 1 N–H and O–H groups in total. The second kappa shape index (κ2) is 4.69. The van der Waals surface area contributed by atoms with E-state index in [0.29, 0.717) is 5.46 Å². The lowest BCUT2D eigenvalue weighted by Crippen LogP contribution is -2.45. The molecule has 1 heterocycles. The summed E-state index contributed by atoms with van der Waals surface area (Å²) in [5, 5.41) is 0. The van der Waals surface area contributed by atoms with Crippen LogP contribution in [-0.2, 0) is 4.65 Å². The Labute approximate surface area is 104 Å². The molecule has 0 fully saturated rings. The van der Waals surface area contributed by atoms with E-state index in [0.717, 1.165) is 5.56 Å². The van der Waals surface area contributed by atoms with E-state index in [-0.39, 0.29) is 16.6 Å². The largest absolute Gasteiger partial charge is 0.429 e. The van der Waals surface area contributed by atoms with E-state index in [4.69, 9.17) is 4.65 Å². The first kappa shape index (κ1) is 14.0. The minimum absolute atomic E-state index is 0.0000862. The number of aryl methyl sites for hydroxylation is 1. The molecule has 0 spiro atoms. The van der Waals surface area contributed by atoms with Crippen molar-refractivity contribution in [2.24, 2.45) is 5.41 Å². The normalized spacial score (nSPS) is 12.6. The first-order valence-electron chi connectivity index (χ1n) is 5.84. The van der Waals surface area contributed by atoms with Crippen molar-refractivity contribution in [3.8, 4) is 0 Å². The van der Waals surface area contributed by atoms with Gasteiger partial charge in [-0.25, -0.2) is 0 Å². The minimum atomic E-state index is -0.330. The molecule has 1 rings (SSSR count). The van der Waals surface area contributed by atoms with Gasteiger partial charge in [0.05, 0.1) is 5.60 Å². The van der Waals surface area contributed by atoms with Gasteiger partial charge >= 0.3 is 7.48 Å². The smallest absolute Gasteiger partial charge is 0.336 e. The molecule has 0 aliphatic heterocycles. The molecule has 17 heavy (non-hydrogen) atoms. The zero-order valence-corrected chi connectivity index (χ0v) is 11.5. The van der Waals surface area contributed by atoms with Gasteiger partial charge in [0.25, 0.3) is 0 Å². The lowest BCUT2D eigenvalue weighted by Gasteiger charge is -2.39. The van der Waals surface area contributed by atoms with Crippen molar-refractivity contribution in [1.29, 1.82) is 0 Å². The highest BCUT2D eigenvalue weighted by Gasteiger charge is 2.33. The van der Waals surface area contributed by atoms with Crippen LogP contribution in [0.3, 0.4) is 0 Å². The van der Waals surface area contributed by atoms with E-state index in [1.54, 1.807) is 13.7 Å². The van der Waals surface area contributed by atoms with Crippen molar-refractivity contribution in [1.82, 2.24) is 4.98 Å². The van der Waals surface area contributed by atoms with Gasteiger partial charge in [-0.15, -0.1) is 0 Å². The number of nitrogens with one attached hydrogen (secondary N) is 1. The van der Waals surface area contributed by atoms with Crippen LogP contribution in [-0.4, -0.2) is 18.1 Å². The summed E-state index contributed by atoms with van der Waals surface area (Å²) in [5.41, 5.74) is 1.11. The second-order valence-corrected chi connectivity index (χ2v) is 5.96. The Hall–Kier alpha value is -1.03. The Morgan fingerprint density at radius 2 is 1.82 bits per heavy atom. The van der Waals surface area contributed by atoms with E-state index < -0.39 is 0 Å². The van der Waals surface area contributed by atoms with Gasteiger partial charge < -0.3 is 9.64 Å². The summed E-state index contributed by atoms with van der Waals surface area (Å²) in [6, 6.07) is 1.82. The van der Waals surface area contributed by atoms with Crippen LogP contribution in [0.25, 0.3) is 0 Å². The molecule has 0 aromatic carbocycles. The van der Waals surface area contributed by atoms with Crippen LogP contribution in [0.2, 0.25) is 0 Å². The van der Waals surface area contributed by atoms with Gasteiger partial charge in [-0.05, 0) is 31.7 Å². The van der Waals surface area contributed by atoms with Crippen molar-refractivity contribution >= 4 is 12.9 Å². The van der Waals surface area contributed by atoms with Crippen molar-refractivity contribution < 1.29 is 4.65 Å². The standard InChI is InChI=1S/C13H21BNO2/c1-9-7-10(11(16)15-8-9)14-17-13(5,6)12(2,3)4/h7-8H,1-6H3,(H,15,16). The molecular weight excluding hydrogens is 213 g/mol. The van der Waals surface area contributed by atoms with Gasteiger partial charge in [-0.1, -0.05) is 26.8 Å². The summed E-state index contributed by atoms with van der Waals surface area (Å²) in [5.74, 6) is 0. The van der Waals surface area contributed by atoms with Gasteiger partial charge in [0.15, 0.2) is 0 Å². The molecule has 0 bridgehead atoms. The zero-order valence-electron chi connectivity index (χ0n) is 11.5. The Balaban J connectivity index is 2.81. The van der Waals surface area contributed by atoms with E-state index in [9.17, 15) is 4.79 Å². The number of pyridine rings is 1. The fourth-order valence-electron chi connectivity index (χ4n) is 1.09. The summed E-state index contributed by atoms with van der Waals surface area (Å²) in [6.07, 6.45) is 1.69. The molecule has 3 nitrogen and oxygen atoms in total. The molecule has 0 aliphatic rings. The number of aromatic amines is 1. The number of aromatic nitrogens is 1. The predicted octanol–water partition coefficient (Wildman–Crippen LogP) is 1.77. The van der Waals surface area contributed by atoms with Crippen LogP contribution in [0.1, 0.15) is 40.2 Å². The molecule has 93 valence electrons. The Morgan fingerprint density at radius 1 is 1.24 bits per heavy atom. The SMILES string of the molecule is Cc1c[nH]c(=O)c([B]OC(C)(C)C(C)(C)C)c1. The molecule has 1 aromatic heterocycles. The average Bonchev–Trinajstić information content (AvgIpc) is 2.18. The highest BCUT2D eigenvalue weighted by molar-refractivity contribution is 6.46. The third kappa shape index (κ3) is 3.46. The molecule has 0 saturated carbocycles. The summed E-state index contributed by atoms with van der Waals surface area (Å²) < 4.78 is 5.77. The molecule has 1 radical (unpaired) electrons. The fraction of sp³-hybridized carbons (Fsp3) is 0.615. The Kier molecular flexibility index (Phi) is 3.87. The minimum Gasteiger partial charge on any atom is -0.429 e. The van der Waals surface area contributed by atoms with Crippen molar-refractivity contribution in [3.63, 3.8) is 0 Å². The molecule has 1 aromatic rings. The van der Waals surface area contributed by atoms with E-state index in [2.05, 4.69) is 25.8 Å². The van der Waals surface area contributed by atoms with E-state index >= 15 is 0 Å². The van der Waals surface area contributed by atoms with Crippen LogP contribution >= 0.6 is 0 Å². The molecule has 0 saturated heterocycles. The summed E-state index contributed by atoms with van der Waals surface area (Å²) in [6.45, 7) is 12.3. The van der Waals surface area contributed by atoms with Crippen LogP contribution < -0.4 is 11.0 Å². The molecule has 0 aliphatic carbocycles. The number of hydrogen-bond acceptors (Lipinski definition) is 2. The maximum atomic E-state index is 11.6. The average molecular weight is 234 g/mol. The number of rotatable bonds is 3. The summed E-state index contributed by atoms with van der Waals surface area (Å²) in [4.78, 5) is 14.2. The lowest BCUT2D eigenvalue weighted by molar-refractivity contribution is 0.00500. The van der Waals surface area contributed by atoms with Gasteiger partial charge in [0, 0.05) is 11.7 Å². The molecule has 0 amide bonds. The number of H-pyrrole nitrogens is 1. The third-order valence-corrected chi connectivity index (χ3v) is 3.36. The molecule has 4 heteroatoms. The van der Waals surface area contributed by atoms with E-state index in [1.165, 1.54) is 0 Å². The van der Waals surface area contributed by atoms with Crippen molar-refractivity contribution in [2.45, 2.75) is 47.1 Å². The predicted molar refractivity (Wildman–Crippen MR) is 71.8 cm³/mol. The quantitative estimate of drug-likeness (QED) is 0.810. The third-order valence-electron chi connectivity index (χ3n) is 3.36. The van der Waals surface area contributed by atoms with Crippen molar-refractivity contribution in [3.05, 3.63) is 28.2 Å². The topological polar surface area (TPSA) is 42.1 Å². The lowest BCUT2D eigenvalue weighted by atomic mass is 9.76. The van der Waals surface area contributed by atoms with E-state index in [1.807, 2.05) is 26.8 Å². The highest BCUT2D eigenvalue weighted by Crippen LogP contribution is 2.32. The molecule has 0 atom stereocenters. The monoisotopic (exact) mass is 234 g/mol. The first-order chi connectivity index (χ1) is 7.63. The van der Waals surface area contributed by atoms with Gasteiger partial charge in [0.1, 0.15) is 0 Å². The zero-order chi connectivity index (χ0) is 13.3. The summed E-state index contributed by atoms with van der Waals surface area (Å²) in [7, 11) is 1.55. The number of hydrogen-bond donors (Lipinski definition) is 1.